The maximum absolute atomic E-state index is 9.02. The van der Waals surface area contributed by atoms with Crippen LogP contribution in [0, 0.1) is 18.3 Å². The molecule has 0 N–H and O–H groups in total. The zero-order chi connectivity index (χ0) is 12.1. The van der Waals surface area contributed by atoms with Crippen molar-refractivity contribution in [2.24, 2.45) is 0 Å². The van der Waals surface area contributed by atoms with Crippen molar-refractivity contribution in [3.05, 3.63) is 39.9 Å². The Balaban J connectivity index is 3.27. The molecule has 3 heteroatoms. The van der Waals surface area contributed by atoms with Gasteiger partial charge < -0.3 is 0 Å². The number of rotatable bonds is 3. The molecule has 0 saturated heterocycles. The molecule has 0 aliphatic heterocycles. The first-order valence-electron chi connectivity index (χ1n) is 5.15. The third kappa shape index (κ3) is 3.01. The minimum atomic E-state index is 0.518. The molecule has 0 amide bonds. The predicted octanol–water partition coefficient (Wildman–Crippen LogP) is 4.92. The predicted molar refractivity (Wildman–Crippen MR) is 69.5 cm³/mol. The van der Waals surface area contributed by atoms with E-state index in [0.29, 0.717) is 22.0 Å². The van der Waals surface area contributed by atoms with E-state index in [1.165, 1.54) is 0 Å². The average Bonchev–Trinajstić information content (AvgIpc) is 2.28. The molecule has 0 aliphatic carbocycles. The first kappa shape index (κ1) is 13.1. The van der Waals surface area contributed by atoms with Gasteiger partial charge in [-0.1, -0.05) is 42.6 Å². The van der Waals surface area contributed by atoms with Gasteiger partial charge in [-0.25, -0.2) is 0 Å². The number of hydrogen-bond donors (Lipinski definition) is 0. The molecule has 0 atom stereocenters. The van der Waals surface area contributed by atoms with Gasteiger partial charge in [-0.2, -0.15) is 5.26 Å². The summed E-state index contributed by atoms with van der Waals surface area (Å²) in [5, 5.41) is 10.2. The number of aryl methyl sites for hydroxylation is 1. The molecule has 84 valence electrons. The Morgan fingerprint density at radius 3 is 2.69 bits per heavy atom. The van der Waals surface area contributed by atoms with E-state index in [2.05, 4.69) is 6.07 Å². The molecule has 0 unspecified atom stereocenters. The van der Waals surface area contributed by atoms with Gasteiger partial charge in [0.1, 0.15) is 0 Å². The molecule has 1 aromatic carbocycles. The molecule has 0 radical (unpaired) electrons. The summed E-state index contributed by atoms with van der Waals surface area (Å²) in [5.74, 6) is 0. The van der Waals surface area contributed by atoms with Crippen LogP contribution in [0.25, 0.3) is 5.03 Å². The van der Waals surface area contributed by atoms with Gasteiger partial charge in [0.2, 0.25) is 0 Å². The number of hydrogen-bond acceptors (Lipinski definition) is 1. The van der Waals surface area contributed by atoms with Crippen LogP contribution in [0.15, 0.2) is 23.8 Å². The van der Waals surface area contributed by atoms with E-state index >= 15 is 0 Å². The first-order chi connectivity index (χ1) is 7.60. The Bertz CT molecular complexity index is 455. The van der Waals surface area contributed by atoms with E-state index < -0.39 is 0 Å². The molecule has 0 saturated carbocycles. The molecule has 1 nitrogen and oxygen atoms in total. The standard InChI is InChI=1S/C13H13Cl2N/c1-3-4-10(8-16)13(15)12-7-11(14)6-5-9(12)2/h5-7H,3-4H2,1-2H3/b13-10-. The Kier molecular flexibility index (Phi) is 4.86. The molecule has 1 rings (SSSR count). The Morgan fingerprint density at radius 2 is 2.12 bits per heavy atom. The van der Waals surface area contributed by atoms with Crippen LogP contribution in [0.1, 0.15) is 30.9 Å². The smallest absolute Gasteiger partial charge is 0.0962 e. The highest BCUT2D eigenvalue weighted by Gasteiger charge is 2.09. The van der Waals surface area contributed by atoms with Crippen molar-refractivity contribution in [2.45, 2.75) is 26.7 Å². The number of nitriles is 1. The zero-order valence-corrected chi connectivity index (χ0v) is 10.9. The second-order valence-electron chi connectivity index (χ2n) is 3.61. The normalized spacial score (nSPS) is 11.9. The quantitative estimate of drug-likeness (QED) is 0.702. The van der Waals surface area contributed by atoms with Gasteiger partial charge in [-0.15, -0.1) is 0 Å². The molecule has 0 fully saturated rings. The van der Waals surface area contributed by atoms with Crippen molar-refractivity contribution < 1.29 is 0 Å². The molecular formula is C13H13Cl2N. The zero-order valence-electron chi connectivity index (χ0n) is 9.35. The lowest BCUT2D eigenvalue weighted by atomic mass is 10.0. The lowest BCUT2D eigenvalue weighted by Gasteiger charge is -2.07. The maximum atomic E-state index is 9.02. The van der Waals surface area contributed by atoms with E-state index in [9.17, 15) is 0 Å². The van der Waals surface area contributed by atoms with Gasteiger partial charge in [0, 0.05) is 10.6 Å². The van der Waals surface area contributed by atoms with Gasteiger partial charge in [-0.3, -0.25) is 0 Å². The molecule has 0 spiro atoms. The number of benzene rings is 1. The van der Waals surface area contributed by atoms with Crippen LogP contribution in [0.3, 0.4) is 0 Å². The van der Waals surface area contributed by atoms with Gasteiger partial charge in [0.25, 0.3) is 0 Å². The molecule has 0 aromatic heterocycles. The van der Waals surface area contributed by atoms with E-state index in [0.717, 1.165) is 17.5 Å². The second-order valence-corrected chi connectivity index (χ2v) is 4.43. The van der Waals surface area contributed by atoms with Crippen LogP contribution in [0.2, 0.25) is 5.02 Å². The molecule has 0 bridgehead atoms. The van der Waals surface area contributed by atoms with Gasteiger partial charge in [-0.05, 0) is 36.6 Å². The fourth-order valence-corrected chi connectivity index (χ4v) is 1.97. The van der Waals surface area contributed by atoms with Crippen LogP contribution in [0.4, 0.5) is 0 Å². The highest BCUT2D eigenvalue weighted by atomic mass is 35.5. The van der Waals surface area contributed by atoms with E-state index in [-0.39, 0.29) is 0 Å². The highest BCUT2D eigenvalue weighted by Crippen LogP contribution is 2.29. The minimum Gasteiger partial charge on any atom is -0.193 e. The summed E-state index contributed by atoms with van der Waals surface area (Å²) >= 11 is 12.1. The van der Waals surface area contributed by atoms with Gasteiger partial charge in [0.05, 0.1) is 11.1 Å². The topological polar surface area (TPSA) is 23.8 Å². The van der Waals surface area contributed by atoms with Crippen LogP contribution in [0.5, 0.6) is 0 Å². The Morgan fingerprint density at radius 1 is 1.44 bits per heavy atom. The monoisotopic (exact) mass is 253 g/mol. The van der Waals surface area contributed by atoms with E-state index in [1.807, 2.05) is 26.0 Å². The van der Waals surface area contributed by atoms with Crippen LogP contribution in [-0.4, -0.2) is 0 Å². The number of nitrogens with zero attached hydrogens (tertiary/aromatic N) is 1. The van der Waals surface area contributed by atoms with Gasteiger partial charge in [0.15, 0.2) is 0 Å². The lowest BCUT2D eigenvalue weighted by Crippen LogP contribution is -1.89. The summed E-state index contributed by atoms with van der Waals surface area (Å²) in [6.45, 7) is 3.97. The van der Waals surface area contributed by atoms with Crippen LogP contribution < -0.4 is 0 Å². The fraction of sp³-hybridized carbons (Fsp3) is 0.308. The molecule has 16 heavy (non-hydrogen) atoms. The van der Waals surface area contributed by atoms with Crippen molar-refractivity contribution in [1.82, 2.24) is 0 Å². The molecule has 0 aliphatic rings. The summed E-state index contributed by atoms with van der Waals surface area (Å²) in [7, 11) is 0. The average molecular weight is 254 g/mol. The summed E-state index contributed by atoms with van der Waals surface area (Å²) in [6, 6.07) is 7.67. The van der Waals surface area contributed by atoms with E-state index in [1.54, 1.807) is 6.07 Å². The van der Waals surface area contributed by atoms with Crippen molar-refractivity contribution >= 4 is 28.2 Å². The number of halogens is 2. The highest BCUT2D eigenvalue weighted by molar-refractivity contribution is 6.49. The molecule has 0 heterocycles. The minimum absolute atomic E-state index is 0.518. The summed E-state index contributed by atoms with van der Waals surface area (Å²) in [4.78, 5) is 0. The fourth-order valence-electron chi connectivity index (χ4n) is 1.46. The Labute approximate surface area is 106 Å². The first-order valence-corrected chi connectivity index (χ1v) is 5.91. The van der Waals surface area contributed by atoms with Crippen LogP contribution >= 0.6 is 23.2 Å². The lowest BCUT2D eigenvalue weighted by molar-refractivity contribution is 0.933. The molecular weight excluding hydrogens is 241 g/mol. The number of allylic oxidation sites excluding steroid dienone is 1. The van der Waals surface area contributed by atoms with Crippen molar-refractivity contribution in [1.29, 1.82) is 5.26 Å². The van der Waals surface area contributed by atoms with Crippen molar-refractivity contribution in [2.75, 3.05) is 0 Å². The SMILES string of the molecule is CCC/C(C#N)=C(/Cl)c1cc(Cl)ccc1C. The third-order valence-electron chi connectivity index (χ3n) is 2.34. The summed E-state index contributed by atoms with van der Waals surface area (Å²) in [6.07, 6.45) is 1.60. The second kappa shape index (κ2) is 5.94. The largest absolute Gasteiger partial charge is 0.193 e. The van der Waals surface area contributed by atoms with Crippen molar-refractivity contribution in [3.8, 4) is 6.07 Å². The Hall–Kier alpha value is -0.970. The van der Waals surface area contributed by atoms with E-state index in [4.69, 9.17) is 28.5 Å². The molecule has 1 aromatic rings. The summed E-state index contributed by atoms with van der Waals surface area (Å²) < 4.78 is 0. The van der Waals surface area contributed by atoms with Gasteiger partial charge >= 0.3 is 0 Å². The maximum Gasteiger partial charge on any atom is 0.0962 e. The van der Waals surface area contributed by atoms with Crippen LogP contribution in [-0.2, 0) is 0 Å². The van der Waals surface area contributed by atoms with Crippen molar-refractivity contribution in [3.63, 3.8) is 0 Å². The summed E-state index contributed by atoms with van der Waals surface area (Å²) in [5.41, 5.74) is 2.49. The third-order valence-corrected chi connectivity index (χ3v) is 3.00.